The molecule has 0 saturated heterocycles. The van der Waals surface area contributed by atoms with Gasteiger partial charge < -0.3 is 9.84 Å². The molecular formula is C17H16ClNO2. The Morgan fingerprint density at radius 1 is 1.29 bits per heavy atom. The van der Waals surface area contributed by atoms with Crippen molar-refractivity contribution in [1.29, 1.82) is 5.26 Å². The van der Waals surface area contributed by atoms with Crippen molar-refractivity contribution in [3.8, 4) is 17.6 Å². The molecule has 108 valence electrons. The smallest absolute Gasteiger partial charge is 0.134 e. The van der Waals surface area contributed by atoms with Gasteiger partial charge in [0.15, 0.2) is 0 Å². The summed E-state index contributed by atoms with van der Waals surface area (Å²) in [6.07, 6.45) is 0.128. The molecule has 4 heteroatoms. The van der Waals surface area contributed by atoms with Gasteiger partial charge in [-0.2, -0.15) is 5.26 Å². The zero-order valence-corrected chi connectivity index (χ0v) is 12.7. The molecule has 2 aromatic rings. The van der Waals surface area contributed by atoms with Gasteiger partial charge in [-0.25, -0.2) is 0 Å². The highest BCUT2D eigenvalue weighted by molar-refractivity contribution is 6.31. The predicted octanol–water partition coefficient (Wildman–Crippen LogP) is 4.62. The molecule has 0 aliphatic carbocycles. The highest BCUT2D eigenvalue weighted by Gasteiger charge is 2.12. The van der Waals surface area contributed by atoms with Gasteiger partial charge in [0.2, 0.25) is 0 Å². The van der Waals surface area contributed by atoms with Crippen LogP contribution in [0, 0.1) is 11.3 Å². The van der Waals surface area contributed by atoms with E-state index in [0.29, 0.717) is 27.6 Å². The van der Waals surface area contributed by atoms with Crippen molar-refractivity contribution in [2.24, 2.45) is 0 Å². The van der Waals surface area contributed by atoms with Gasteiger partial charge >= 0.3 is 0 Å². The van der Waals surface area contributed by atoms with Crippen LogP contribution in [0.25, 0.3) is 0 Å². The van der Waals surface area contributed by atoms with Crippen LogP contribution in [0.2, 0.25) is 5.02 Å². The molecule has 0 unspecified atom stereocenters. The average molecular weight is 302 g/mol. The summed E-state index contributed by atoms with van der Waals surface area (Å²) < 4.78 is 5.84. The molecule has 0 radical (unpaired) electrons. The summed E-state index contributed by atoms with van der Waals surface area (Å²) in [4.78, 5) is 0. The zero-order chi connectivity index (χ0) is 15.4. The van der Waals surface area contributed by atoms with Gasteiger partial charge in [-0.05, 0) is 49.2 Å². The Hall–Kier alpha value is -2.02. The van der Waals surface area contributed by atoms with Crippen LogP contribution in [0.3, 0.4) is 0 Å². The Labute approximate surface area is 129 Å². The second-order valence-corrected chi connectivity index (χ2v) is 5.16. The van der Waals surface area contributed by atoms with E-state index in [9.17, 15) is 5.11 Å². The van der Waals surface area contributed by atoms with Crippen molar-refractivity contribution in [1.82, 2.24) is 0 Å². The highest BCUT2D eigenvalue weighted by Crippen LogP contribution is 2.32. The SMILES string of the molecule is CCc1cc(Oc2cc(C#N)ccc2[C@H](C)O)ccc1Cl. The maximum absolute atomic E-state index is 9.81. The molecule has 0 bridgehead atoms. The third kappa shape index (κ3) is 3.55. The van der Waals surface area contributed by atoms with Crippen molar-refractivity contribution in [2.45, 2.75) is 26.4 Å². The molecule has 2 rings (SSSR count). The number of benzene rings is 2. The summed E-state index contributed by atoms with van der Waals surface area (Å²) in [5, 5.41) is 19.5. The molecule has 0 aromatic heterocycles. The van der Waals surface area contributed by atoms with Crippen LogP contribution in [0.5, 0.6) is 11.5 Å². The molecule has 3 nitrogen and oxygen atoms in total. The largest absolute Gasteiger partial charge is 0.457 e. The summed E-state index contributed by atoms with van der Waals surface area (Å²) in [7, 11) is 0. The first-order valence-electron chi connectivity index (χ1n) is 6.73. The van der Waals surface area contributed by atoms with Crippen molar-refractivity contribution < 1.29 is 9.84 Å². The first-order chi connectivity index (χ1) is 10.0. The Morgan fingerprint density at radius 3 is 2.67 bits per heavy atom. The van der Waals surface area contributed by atoms with Crippen LogP contribution in [0.15, 0.2) is 36.4 Å². The standard InChI is InChI=1S/C17H16ClNO2/c1-3-13-9-14(5-7-16(13)18)21-17-8-12(10-19)4-6-15(17)11(2)20/h4-9,11,20H,3H2,1-2H3/t11-/m0/s1. The highest BCUT2D eigenvalue weighted by atomic mass is 35.5. The molecule has 1 atom stereocenters. The second-order valence-electron chi connectivity index (χ2n) is 4.75. The quantitative estimate of drug-likeness (QED) is 0.896. The molecule has 0 aliphatic heterocycles. The van der Waals surface area contributed by atoms with Crippen LogP contribution >= 0.6 is 11.6 Å². The molecule has 0 spiro atoms. The van der Waals surface area contributed by atoms with Gasteiger partial charge in [-0.15, -0.1) is 0 Å². The number of hydrogen-bond donors (Lipinski definition) is 1. The minimum atomic E-state index is -0.675. The summed E-state index contributed by atoms with van der Waals surface area (Å²) in [6, 6.07) is 12.5. The van der Waals surface area contributed by atoms with E-state index >= 15 is 0 Å². The summed E-state index contributed by atoms with van der Waals surface area (Å²) in [5.74, 6) is 1.11. The minimum Gasteiger partial charge on any atom is -0.457 e. The zero-order valence-electron chi connectivity index (χ0n) is 11.9. The number of hydrogen-bond acceptors (Lipinski definition) is 3. The first kappa shape index (κ1) is 15.4. The Balaban J connectivity index is 2.40. The molecule has 0 aliphatic rings. The summed E-state index contributed by atoms with van der Waals surface area (Å²) in [5.41, 5.74) is 2.12. The second kappa shape index (κ2) is 6.62. The number of nitriles is 1. The number of ether oxygens (including phenoxy) is 1. The van der Waals surface area contributed by atoms with Crippen molar-refractivity contribution in [2.75, 3.05) is 0 Å². The Morgan fingerprint density at radius 2 is 2.05 bits per heavy atom. The number of aliphatic hydroxyl groups excluding tert-OH is 1. The van der Waals surface area contributed by atoms with Gasteiger partial charge in [0.1, 0.15) is 11.5 Å². The maximum atomic E-state index is 9.81. The van der Waals surface area contributed by atoms with E-state index in [1.54, 1.807) is 37.3 Å². The van der Waals surface area contributed by atoms with Gasteiger partial charge in [0.05, 0.1) is 17.7 Å². The van der Waals surface area contributed by atoms with Gasteiger partial charge in [-0.3, -0.25) is 0 Å². The number of aliphatic hydroxyl groups is 1. The molecule has 1 N–H and O–H groups in total. The van der Waals surface area contributed by atoms with Crippen LogP contribution in [-0.2, 0) is 6.42 Å². The Kier molecular flexibility index (Phi) is 4.85. The predicted molar refractivity (Wildman–Crippen MR) is 82.7 cm³/mol. The lowest BCUT2D eigenvalue weighted by Crippen LogP contribution is -1.97. The van der Waals surface area contributed by atoms with Gasteiger partial charge in [0, 0.05) is 10.6 Å². The van der Waals surface area contributed by atoms with Gasteiger partial charge in [-0.1, -0.05) is 24.6 Å². The number of rotatable bonds is 4. The van der Waals surface area contributed by atoms with Crippen LogP contribution < -0.4 is 4.74 Å². The lowest BCUT2D eigenvalue weighted by Gasteiger charge is -2.14. The van der Waals surface area contributed by atoms with E-state index in [1.807, 2.05) is 13.0 Å². The topological polar surface area (TPSA) is 53.2 Å². The summed E-state index contributed by atoms with van der Waals surface area (Å²) >= 11 is 6.09. The third-order valence-electron chi connectivity index (χ3n) is 3.22. The van der Waals surface area contributed by atoms with E-state index in [4.69, 9.17) is 21.6 Å². The van der Waals surface area contributed by atoms with E-state index in [0.717, 1.165) is 12.0 Å². The minimum absolute atomic E-state index is 0.480. The lowest BCUT2D eigenvalue weighted by molar-refractivity contribution is 0.195. The fourth-order valence-corrected chi connectivity index (χ4v) is 2.30. The van der Waals surface area contributed by atoms with E-state index < -0.39 is 6.10 Å². The molecule has 0 saturated carbocycles. The van der Waals surface area contributed by atoms with Crippen molar-refractivity contribution >= 4 is 11.6 Å². The average Bonchev–Trinajstić information content (AvgIpc) is 2.48. The maximum Gasteiger partial charge on any atom is 0.134 e. The molecule has 0 fully saturated rings. The third-order valence-corrected chi connectivity index (χ3v) is 3.59. The van der Waals surface area contributed by atoms with Gasteiger partial charge in [0.25, 0.3) is 0 Å². The molecule has 21 heavy (non-hydrogen) atoms. The molecule has 0 amide bonds. The molecule has 0 heterocycles. The number of halogens is 1. The van der Waals surface area contributed by atoms with E-state index in [1.165, 1.54) is 0 Å². The van der Waals surface area contributed by atoms with E-state index in [-0.39, 0.29) is 0 Å². The molecule has 2 aromatic carbocycles. The van der Waals surface area contributed by atoms with Crippen LogP contribution in [0.4, 0.5) is 0 Å². The van der Waals surface area contributed by atoms with Crippen molar-refractivity contribution in [3.63, 3.8) is 0 Å². The first-order valence-corrected chi connectivity index (χ1v) is 7.11. The van der Waals surface area contributed by atoms with Crippen LogP contribution in [0.1, 0.15) is 36.6 Å². The van der Waals surface area contributed by atoms with E-state index in [2.05, 4.69) is 6.07 Å². The number of nitrogens with zero attached hydrogens (tertiary/aromatic N) is 1. The van der Waals surface area contributed by atoms with Crippen molar-refractivity contribution in [3.05, 3.63) is 58.1 Å². The molecular weight excluding hydrogens is 286 g/mol. The lowest BCUT2D eigenvalue weighted by atomic mass is 10.1. The normalized spacial score (nSPS) is 11.8. The monoisotopic (exact) mass is 301 g/mol. The fourth-order valence-electron chi connectivity index (χ4n) is 2.05. The Bertz CT molecular complexity index is 690. The fraction of sp³-hybridized carbons (Fsp3) is 0.235. The van der Waals surface area contributed by atoms with Crippen LogP contribution in [-0.4, -0.2) is 5.11 Å². The number of aryl methyl sites for hydroxylation is 1. The summed E-state index contributed by atoms with van der Waals surface area (Å²) in [6.45, 7) is 3.68.